The minimum atomic E-state index is -0.151. The third kappa shape index (κ3) is 4.70. The van der Waals surface area contributed by atoms with Crippen molar-refractivity contribution in [3.05, 3.63) is 47.8 Å². The van der Waals surface area contributed by atoms with Gasteiger partial charge >= 0.3 is 0 Å². The molecule has 2 heterocycles. The van der Waals surface area contributed by atoms with E-state index in [4.69, 9.17) is 9.72 Å². The molecule has 138 valence electrons. The van der Waals surface area contributed by atoms with Gasteiger partial charge in [-0.2, -0.15) is 0 Å². The quantitative estimate of drug-likeness (QED) is 0.672. The monoisotopic (exact) mass is 351 g/mol. The van der Waals surface area contributed by atoms with Gasteiger partial charge in [-0.3, -0.25) is 0 Å². The summed E-state index contributed by atoms with van der Waals surface area (Å²) in [6.45, 7) is 13.5. The zero-order valence-electron chi connectivity index (χ0n) is 16.7. The van der Waals surface area contributed by atoms with Crippen molar-refractivity contribution in [2.75, 3.05) is 0 Å². The van der Waals surface area contributed by atoms with Crippen LogP contribution in [0.1, 0.15) is 52.7 Å². The molecule has 1 N–H and O–H groups in total. The van der Waals surface area contributed by atoms with E-state index in [0.717, 1.165) is 34.4 Å². The van der Waals surface area contributed by atoms with Crippen molar-refractivity contribution in [2.24, 2.45) is 5.41 Å². The Morgan fingerprint density at radius 1 is 1.08 bits per heavy atom. The Labute approximate surface area is 156 Å². The van der Waals surface area contributed by atoms with E-state index in [1.807, 2.05) is 12.4 Å². The molecule has 0 saturated carbocycles. The Hall–Kier alpha value is -2.20. The maximum atomic E-state index is 5.90. The molecule has 1 aromatic carbocycles. The normalized spacial score (nSPS) is 12.7. The molecule has 0 aliphatic rings. The molecule has 0 saturated heterocycles. The summed E-state index contributed by atoms with van der Waals surface area (Å²) >= 11 is 0. The van der Waals surface area contributed by atoms with Crippen LogP contribution in [0.2, 0.25) is 0 Å². The molecule has 0 fully saturated rings. The second-order valence-corrected chi connectivity index (χ2v) is 9.11. The lowest BCUT2D eigenvalue weighted by atomic mass is 9.89. The van der Waals surface area contributed by atoms with Gasteiger partial charge in [-0.15, -0.1) is 0 Å². The number of rotatable bonds is 4. The van der Waals surface area contributed by atoms with Gasteiger partial charge in [0, 0.05) is 11.8 Å². The first-order valence-corrected chi connectivity index (χ1v) is 9.17. The molecule has 0 atom stereocenters. The molecule has 2 aromatic heterocycles. The highest BCUT2D eigenvalue weighted by Crippen LogP contribution is 2.27. The summed E-state index contributed by atoms with van der Waals surface area (Å²) in [6, 6.07) is 8.35. The van der Waals surface area contributed by atoms with Crippen molar-refractivity contribution in [2.45, 2.75) is 60.2 Å². The number of fused-ring (bicyclic) bond motifs is 1. The molecule has 26 heavy (non-hydrogen) atoms. The summed E-state index contributed by atoms with van der Waals surface area (Å²) in [4.78, 5) is 12.7. The predicted molar refractivity (Wildman–Crippen MR) is 107 cm³/mol. The maximum absolute atomic E-state index is 5.90. The number of H-pyrrole nitrogens is 1. The zero-order valence-corrected chi connectivity index (χ0v) is 16.7. The summed E-state index contributed by atoms with van der Waals surface area (Å²) in [5, 5.41) is 0. The van der Waals surface area contributed by atoms with Gasteiger partial charge in [0.2, 0.25) is 0 Å². The van der Waals surface area contributed by atoms with Crippen LogP contribution in [0.5, 0.6) is 0 Å². The van der Waals surface area contributed by atoms with E-state index < -0.39 is 0 Å². The van der Waals surface area contributed by atoms with E-state index in [-0.39, 0.29) is 11.0 Å². The minimum absolute atomic E-state index is 0.151. The number of hydrogen-bond donors (Lipinski definition) is 1. The van der Waals surface area contributed by atoms with Crippen LogP contribution in [0, 0.1) is 5.41 Å². The number of hydrogen-bond acceptors (Lipinski definition) is 3. The van der Waals surface area contributed by atoms with Crippen LogP contribution in [0.25, 0.3) is 22.4 Å². The van der Waals surface area contributed by atoms with Crippen LogP contribution < -0.4 is 0 Å². The molecule has 0 radical (unpaired) electrons. The lowest BCUT2D eigenvalue weighted by Crippen LogP contribution is -2.18. The van der Waals surface area contributed by atoms with Gasteiger partial charge < -0.3 is 9.72 Å². The summed E-state index contributed by atoms with van der Waals surface area (Å²) in [5.74, 6) is 0. The van der Waals surface area contributed by atoms with E-state index in [9.17, 15) is 0 Å². The molecule has 0 spiro atoms. The lowest BCUT2D eigenvalue weighted by Gasteiger charge is -2.19. The number of ether oxygens (including phenoxy) is 1. The van der Waals surface area contributed by atoms with Gasteiger partial charge in [0.05, 0.1) is 24.1 Å². The zero-order chi connectivity index (χ0) is 18.9. The van der Waals surface area contributed by atoms with Crippen molar-refractivity contribution >= 4 is 11.2 Å². The summed E-state index contributed by atoms with van der Waals surface area (Å²) in [5.41, 5.74) is 6.19. The van der Waals surface area contributed by atoms with Crippen molar-refractivity contribution in [3.8, 4) is 11.3 Å². The largest absolute Gasteiger partial charge is 0.371 e. The molecule has 3 rings (SSSR count). The van der Waals surface area contributed by atoms with E-state index in [2.05, 4.69) is 75.8 Å². The van der Waals surface area contributed by atoms with Gasteiger partial charge in [-0.05, 0) is 49.8 Å². The maximum Gasteiger partial charge on any atom is 0.156 e. The first kappa shape index (κ1) is 18.6. The SMILES string of the molecule is CC(C)(C)Cc1c[nH]c2ncc(-c3cccc(COC(C)(C)C)c3)nc12. The Morgan fingerprint density at radius 2 is 1.85 bits per heavy atom. The number of nitrogens with one attached hydrogen (secondary N) is 1. The fourth-order valence-electron chi connectivity index (χ4n) is 2.91. The summed E-state index contributed by atoms with van der Waals surface area (Å²) in [6.07, 6.45) is 4.83. The summed E-state index contributed by atoms with van der Waals surface area (Å²) in [7, 11) is 0. The standard InChI is InChI=1S/C22H29N3O/c1-21(2,3)11-17-12-23-20-19(17)25-18(13-24-20)16-9-7-8-15(10-16)14-26-22(4,5)6/h7-10,12-13H,11,14H2,1-6H3,(H,23,24). The van der Waals surface area contributed by atoms with Crippen LogP contribution in [0.15, 0.2) is 36.7 Å². The Bertz CT molecular complexity index is 898. The van der Waals surface area contributed by atoms with Gasteiger partial charge in [0.15, 0.2) is 5.65 Å². The van der Waals surface area contributed by atoms with Gasteiger partial charge in [0.1, 0.15) is 5.52 Å². The highest BCUT2D eigenvalue weighted by atomic mass is 16.5. The molecule has 0 amide bonds. The summed E-state index contributed by atoms with van der Waals surface area (Å²) < 4.78 is 5.90. The van der Waals surface area contributed by atoms with Crippen molar-refractivity contribution in [1.82, 2.24) is 15.0 Å². The number of aromatic nitrogens is 3. The Morgan fingerprint density at radius 3 is 2.54 bits per heavy atom. The second kappa shape index (κ2) is 6.84. The molecule has 0 bridgehead atoms. The topological polar surface area (TPSA) is 50.8 Å². The molecule has 4 heteroatoms. The molecule has 0 unspecified atom stereocenters. The smallest absolute Gasteiger partial charge is 0.156 e. The van der Waals surface area contributed by atoms with E-state index in [1.165, 1.54) is 5.56 Å². The van der Waals surface area contributed by atoms with Gasteiger partial charge in [0.25, 0.3) is 0 Å². The average molecular weight is 351 g/mol. The molecular weight excluding hydrogens is 322 g/mol. The van der Waals surface area contributed by atoms with E-state index in [0.29, 0.717) is 6.61 Å². The first-order valence-electron chi connectivity index (χ1n) is 9.17. The molecule has 3 aromatic rings. The minimum Gasteiger partial charge on any atom is -0.371 e. The third-order valence-corrected chi connectivity index (χ3v) is 4.08. The van der Waals surface area contributed by atoms with Crippen molar-refractivity contribution < 1.29 is 4.74 Å². The second-order valence-electron chi connectivity index (χ2n) is 9.11. The van der Waals surface area contributed by atoms with Gasteiger partial charge in [-0.1, -0.05) is 39.0 Å². The van der Waals surface area contributed by atoms with Crippen molar-refractivity contribution in [1.29, 1.82) is 0 Å². The van der Waals surface area contributed by atoms with E-state index in [1.54, 1.807) is 0 Å². The fourth-order valence-corrected chi connectivity index (χ4v) is 2.91. The van der Waals surface area contributed by atoms with Crippen LogP contribution >= 0.6 is 0 Å². The Balaban J connectivity index is 1.91. The first-order chi connectivity index (χ1) is 12.1. The lowest BCUT2D eigenvalue weighted by molar-refractivity contribution is -0.0149. The van der Waals surface area contributed by atoms with E-state index >= 15 is 0 Å². The van der Waals surface area contributed by atoms with Crippen LogP contribution in [-0.2, 0) is 17.8 Å². The molecular formula is C22H29N3O. The van der Waals surface area contributed by atoms with Crippen LogP contribution in [0.3, 0.4) is 0 Å². The Kier molecular flexibility index (Phi) is 4.89. The third-order valence-electron chi connectivity index (χ3n) is 4.08. The highest BCUT2D eigenvalue weighted by Gasteiger charge is 2.16. The number of benzene rings is 1. The highest BCUT2D eigenvalue weighted by molar-refractivity contribution is 5.78. The molecule has 4 nitrogen and oxygen atoms in total. The van der Waals surface area contributed by atoms with Gasteiger partial charge in [-0.25, -0.2) is 9.97 Å². The van der Waals surface area contributed by atoms with Crippen LogP contribution in [0.4, 0.5) is 0 Å². The molecule has 0 aliphatic heterocycles. The van der Waals surface area contributed by atoms with Crippen molar-refractivity contribution in [3.63, 3.8) is 0 Å². The molecule has 0 aliphatic carbocycles. The fraction of sp³-hybridized carbons (Fsp3) is 0.455. The predicted octanol–water partition coefficient (Wildman–Crippen LogP) is 5.53. The number of nitrogens with zero attached hydrogens (tertiary/aromatic N) is 2. The van der Waals surface area contributed by atoms with Crippen LogP contribution in [-0.4, -0.2) is 20.6 Å². The number of aromatic amines is 1. The average Bonchev–Trinajstić information content (AvgIpc) is 2.93.